The van der Waals surface area contributed by atoms with E-state index in [1.807, 2.05) is 0 Å². The number of nitrogens with zero attached hydrogens (tertiary/aromatic N) is 1. The summed E-state index contributed by atoms with van der Waals surface area (Å²) in [4.78, 5) is 2.05. The number of piperazine rings is 1. The summed E-state index contributed by atoms with van der Waals surface area (Å²) in [7, 11) is 0. The largest absolute Gasteiger partial charge is 0.416 e. The van der Waals surface area contributed by atoms with E-state index in [4.69, 9.17) is 0 Å². The summed E-state index contributed by atoms with van der Waals surface area (Å²) < 4.78 is 53.7. The molecular weight excluding hydrogens is 344 g/mol. The number of unbranched alkanes of at least 4 members (excludes halogenated alkanes) is 2. The molecule has 24 heavy (non-hydrogen) atoms. The molecule has 0 aliphatic carbocycles. The van der Waals surface area contributed by atoms with Gasteiger partial charge in [0.25, 0.3) is 0 Å². The summed E-state index contributed by atoms with van der Waals surface area (Å²) in [5.74, 6) is -0.608. The summed E-state index contributed by atoms with van der Waals surface area (Å²) in [5.41, 5.74) is -0.630. The van der Waals surface area contributed by atoms with Crippen molar-refractivity contribution in [3.8, 4) is 0 Å². The Bertz CT molecular complexity index is 502. The SMILES string of the molecule is CCCCC[C@H](c1cc(F)ccc1C(F)(F)F)N1CCNCC1.Cl. The van der Waals surface area contributed by atoms with Crippen LogP contribution < -0.4 is 5.32 Å². The van der Waals surface area contributed by atoms with Gasteiger partial charge in [-0.05, 0) is 30.2 Å². The quantitative estimate of drug-likeness (QED) is 0.573. The fraction of sp³-hybridized carbons (Fsp3) is 0.647. The lowest BCUT2D eigenvalue weighted by Crippen LogP contribution is -2.45. The molecule has 0 amide bonds. The maximum Gasteiger partial charge on any atom is 0.416 e. The average molecular weight is 369 g/mol. The van der Waals surface area contributed by atoms with Gasteiger partial charge in [0.1, 0.15) is 5.82 Å². The van der Waals surface area contributed by atoms with E-state index in [0.717, 1.165) is 50.6 Å². The van der Waals surface area contributed by atoms with Crippen molar-refractivity contribution in [1.29, 1.82) is 0 Å². The van der Waals surface area contributed by atoms with Crippen molar-refractivity contribution in [2.45, 2.75) is 44.8 Å². The first kappa shape index (κ1) is 21.2. The molecule has 0 aromatic heterocycles. The molecule has 2 nitrogen and oxygen atoms in total. The Labute approximate surface area is 147 Å². The van der Waals surface area contributed by atoms with E-state index in [1.54, 1.807) is 0 Å². The van der Waals surface area contributed by atoms with Gasteiger partial charge in [0, 0.05) is 32.2 Å². The molecule has 1 heterocycles. The maximum atomic E-state index is 13.7. The average Bonchev–Trinajstić information content (AvgIpc) is 2.51. The van der Waals surface area contributed by atoms with Crippen LogP contribution in [0.3, 0.4) is 0 Å². The Hall–Kier alpha value is -0.850. The Morgan fingerprint density at radius 2 is 1.83 bits per heavy atom. The van der Waals surface area contributed by atoms with Crippen molar-refractivity contribution in [3.63, 3.8) is 0 Å². The molecule has 1 saturated heterocycles. The molecule has 1 aliphatic rings. The fourth-order valence-electron chi connectivity index (χ4n) is 3.18. The van der Waals surface area contributed by atoms with Crippen LogP contribution in [0.2, 0.25) is 0 Å². The molecule has 1 aromatic carbocycles. The predicted molar refractivity (Wildman–Crippen MR) is 90.0 cm³/mol. The van der Waals surface area contributed by atoms with Gasteiger partial charge in [-0.3, -0.25) is 4.90 Å². The van der Waals surface area contributed by atoms with E-state index in [2.05, 4.69) is 17.1 Å². The van der Waals surface area contributed by atoms with Crippen molar-refractivity contribution in [2.24, 2.45) is 0 Å². The molecule has 1 fully saturated rings. The third-order valence-corrected chi connectivity index (χ3v) is 4.35. The summed E-state index contributed by atoms with van der Waals surface area (Å²) in [5, 5.41) is 3.21. The molecule has 0 saturated carbocycles. The lowest BCUT2D eigenvalue weighted by molar-refractivity contribution is -0.138. The summed E-state index contributed by atoms with van der Waals surface area (Å²) >= 11 is 0. The van der Waals surface area contributed by atoms with Crippen LogP contribution in [0, 0.1) is 5.82 Å². The highest BCUT2D eigenvalue weighted by atomic mass is 35.5. The van der Waals surface area contributed by atoms with E-state index >= 15 is 0 Å². The first-order valence-electron chi connectivity index (χ1n) is 8.25. The molecular formula is C17H25ClF4N2. The molecule has 138 valence electrons. The second-order valence-electron chi connectivity index (χ2n) is 6.03. The zero-order valence-corrected chi connectivity index (χ0v) is 14.7. The van der Waals surface area contributed by atoms with Crippen LogP contribution in [0.25, 0.3) is 0 Å². The second-order valence-corrected chi connectivity index (χ2v) is 6.03. The lowest BCUT2D eigenvalue weighted by Gasteiger charge is -2.36. The number of halogens is 5. The summed E-state index contributed by atoms with van der Waals surface area (Å²) in [6.45, 7) is 4.93. The van der Waals surface area contributed by atoms with Gasteiger partial charge in [-0.2, -0.15) is 13.2 Å². The van der Waals surface area contributed by atoms with E-state index in [0.29, 0.717) is 19.5 Å². The topological polar surface area (TPSA) is 15.3 Å². The molecule has 1 aromatic rings. The zero-order valence-electron chi connectivity index (χ0n) is 13.8. The van der Waals surface area contributed by atoms with Crippen LogP contribution in [0.5, 0.6) is 0 Å². The van der Waals surface area contributed by atoms with Crippen molar-refractivity contribution in [3.05, 3.63) is 35.1 Å². The fourth-order valence-corrected chi connectivity index (χ4v) is 3.18. The van der Waals surface area contributed by atoms with Crippen LogP contribution in [0.15, 0.2) is 18.2 Å². The van der Waals surface area contributed by atoms with E-state index < -0.39 is 17.6 Å². The Morgan fingerprint density at radius 1 is 1.17 bits per heavy atom. The smallest absolute Gasteiger partial charge is 0.314 e. The first-order chi connectivity index (χ1) is 10.9. The number of alkyl halides is 3. The monoisotopic (exact) mass is 368 g/mol. The van der Waals surface area contributed by atoms with E-state index in [1.165, 1.54) is 0 Å². The standard InChI is InChI=1S/C17H24F4N2.ClH/c1-2-3-4-5-16(23-10-8-22-9-11-23)14-12-13(18)6-7-15(14)17(19,20)21;/h6-7,12,16,22H,2-5,8-11H2,1H3;1H/t16-;/m1./s1. The number of hydrogen-bond acceptors (Lipinski definition) is 2. The normalized spacial score (nSPS) is 17.4. The first-order valence-corrected chi connectivity index (χ1v) is 8.25. The van der Waals surface area contributed by atoms with Gasteiger partial charge in [-0.15, -0.1) is 12.4 Å². The highest BCUT2D eigenvalue weighted by Crippen LogP contribution is 2.38. The number of nitrogens with one attached hydrogen (secondary N) is 1. The molecule has 2 rings (SSSR count). The van der Waals surface area contributed by atoms with Crippen molar-refractivity contribution >= 4 is 12.4 Å². The van der Waals surface area contributed by atoms with Gasteiger partial charge >= 0.3 is 6.18 Å². The molecule has 0 radical (unpaired) electrons. The minimum Gasteiger partial charge on any atom is -0.314 e. The molecule has 0 unspecified atom stereocenters. The Morgan fingerprint density at radius 3 is 2.42 bits per heavy atom. The third kappa shape index (κ3) is 5.60. The van der Waals surface area contributed by atoms with Gasteiger partial charge < -0.3 is 5.32 Å². The molecule has 1 N–H and O–H groups in total. The van der Waals surface area contributed by atoms with Crippen molar-refractivity contribution in [1.82, 2.24) is 10.2 Å². The van der Waals surface area contributed by atoms with Gasteiger partial charge in [0.15, 0.2) is 0 Å². The van der Waals surface area contributed by atoms with Gasteiger partial charge in [0.05, 0.1) is 5.56 Å². The third-order valence-electron chi connectivity index (χ3n) is 4.35. The summed E-state index contributed by atoms with van der Waals surface area (Å²) in [6.07, 6.45) is -1.01. The van der Waals surface area contributed by atoms with Crippen LogP contribution in [0.4, 0.5) is 17.6 Å². The number of rotatable bonds is 6. The molecule has 0 spiro atoms. The highest BCUT2D eigenvalue weighted by Gasteiger charge is 2.36. The van der Waals surface area contributed by atoms with Crippen molar-refractivity contribution < 1.29 is 17.6 Å². The number of hydrogen-bond donors (Lipinski definition) is 1. The maximum absolute atomic E-state index is 13.7. The predicted octanol–water partition coefficient (Wildman–Crippen LogP) is 4.79. The van der Waals surface area contributed by atoms with Gasteiger partial charge in [0.2, 0.25) is 0 Å². The summed E-state index contributed by atoms with van der Waals surface area (Å²) in [6, 6.07) is 2.46. The van der Waals surface area contributed by atoms with Gasteiger partial charge in [-0.1, -0.05) is 26.2 Å². The molecule has 7 heteroatoms. The van der Waals surface area contributed by atoms with E-state index in [-0.39, 0.29) is 24.0 Å². The Balaban J connectivity index is 0.00000288. The Kier molecular flexibility index (Phi) is 8.46. The minimum atomic E-state index is -4.46. The minimum absolute atomic E-state index is 0. The van der Waals surface area contributed by atoms with Crippen LogP contribution >= 0.6 is 12.4 Å². The lowest BCUT2D eigenvalue weighted by atomic mass is 9.93. The van der Waals surface area contributed by atoms with Crippen LogP contribution in [-0.2, 0) is 6.18 Å². The zero-order chi connectivity index (χ0) is 16.9. The molecule has 0 bridgehead atoms. The van der Waals surface area contributed by atoms with Crippen LogP contribution in [0.1, 0.15) is 49.8 Å². The van der Waals surface area contributed by atoms with E-state index in [9.17, 15) is 17.6 Å². The molecule has 1 atom stereocenters. The second kappa shape index (κ2) is 9.59. The highest BCUT2D eigenvalue weighted by molar-refractivity contribution is 5.85. The number of benzene rings is 1. The molecule has 1 aliphatic heterocycles. The van der Waals surface area contributed by atoms with Crippen molar-refractivity contribution in [2.75, 3.05) is 26.2 Å². The van der Waals surface area contributed by atoms with Crippen LogP contribution in [-0.4, -0.2) is 31.1 Å². The van der Waals surface area contributed by atoms with Gasteiger partial charge in [-0.25, -0.2) is 4.39 Å².